The van der Waals surface area contributed by atoms with Gasteiger partial charge in [0.05, 0.1) is 5.92 Å². The maximum atomic E-state index is 12.7. The third-order valence-electron chi connectivity index (χ3n) is 5.53. The summed E-state index contributed by atoms with van der Waals surface area (Å²) in [6.07, 6.45) is 0.218. The van der Waals surface area contributed by atoms with Gasteiger partial charge in [-0.15, -0.1) is 0 Å². The largest absolute Gasteiger partial charge is 0.339 e. The molecule has 0 spiro atoms. The molecule has 30 heavy (non-hydrogen) atoms. The molecule has 6 nitrogen and oxygen atoms in total. The highest BCUT2D eigenvalue weighted by molar-refractivity contribution is 5.98. The van der Waals surface area contributed by atoms with E-state index in [9.17, 15) is 14.4 Å². The molecule has 2 aromatic rings. The number of nitrogens with zero attached hydrogens (tertiary/aromatic N) is 2. The van der Waals surface area contributed by atoms with Crippen LogP contribution in [0.4, 0.5) is 5.69 Å². The monoisotopic (exact) mass is 407 g/mol. The molecule has 1 aliphatic rings. The van der Waals surface area contributed by atoms with Crippen LogP contribution in [-0.2, 0) is 16.1 Å². The number of hydrogen-bond acceptors (Lipinski definition) is 3. The van der Waals surface area contributed by atoms with Crippen LogP contribution in [-0.4, -0.2) is 47.2 Å². The SMILES string of the molecule is CCN(CC)C(=O)c1ccc(NC(=O)[C@H]2CC(=O)N(Cc3ccc(C)cc3)C2)cc1. The molecule has 0 aromatic heterocycles. The van der Waals surface area contributed by atoms with E-state index >= 15 is 0 Å². The number of carbonyl (C=O) groups is 3. The van der Waals surface area contributed by atoms with E-state index in [1.807, 2.05) is 45.0 Å². The first kappa shape index (κ1) is 21.6. The van der Waals surface area contributed by atoms with Gasteiger partial charge in [-0.1, -0.05) is 29.8 Å². The van der Waals surface area contributed by atoms with E-state index in [0.717, 1.165) is 5.56 Å². The third kappa shape index (κ3) is 5.06. The van der Waals surface area contributed by atoms with Gasteiger partial charge in [0.2, 0.25) is 11.8 Å². The lowest BCUT2D eigenvalue weighted by molar-refractivity contribution is -0.128. The molecule has 6 heteroatoms. The van der Waals surface area contributed by atoms with Crippen molar-refractivity contribution in [2.45, 2.75) is 33.7 Å². The second-order valence-corrected chi connectivity index (χ2v) is 7.70. The minimum absolute atomic E-state index is 0.00380. The van der Waals surface area contributed by atoms with Gasteiger partial charge in [0.15, 0.2) is 0 Å². The average molecular weight is 408 g/mol. The number of amides is 3. The lowest BCUT2D eigenvalue weighted by Crippen LogP contribution is -2.30. The highest BCUT2D eigenvalue weighted by Gasteiger charge is 2.34. The highest BCUT2D eigenvalue weighted by Crippen LogP contribution is 2.22. The smallest absolute Gasteiger partial charge is 0.253 e. The van der Waals surface area contributed by atoms with E-state index in [1.165, 1.54) is 5.56 Å². The Kier molecular flexibility index (Phi) is 6.87. The number of benzene rings is 2. The first-order chi connectivity index (χ1) is 14.4. The van der Waals surface area contributed by atoms with Crippen molar-refractivity contribution in [3.8, 4) is 0 Å². The number of likely N-dealkylation sites (tertiary alicyclic amines) is 1. The van der Waals surface area contributed by atoms with Crippen LogP contribution in [0.1, 0.15) is 41.8 Å². The van der Waals surface area contributed by atoms with Crippen LogP contribution in [0.25, 0.3) is 0 Å². The molecular formula is C24H29N3O3. The summed E-state index contributed by atoms with van der Waals surface area (Å²) in [4.78, 5) is 40.9. The van der Waals surface area contributed by atoms with E-state index < -0.39 is 0 Å². The quantitative estimate of drug-likeness (QED) is 0.764. The van der Waals surface area contributed by atoms with Crippen LogP contribution >= 0.6 is 0 Å². The topological polar surface area (TPSA) is 69.7 Å². The molecule has 3 rings (SSSR count). The molecule has 0 radical (unpaired) electrons. The molecular weight excluding hydrogens is 378 g/mol. The van der Waals surface area contributed by atoms with E-state index in [1.54, 1.807) is 34.1 Å². The number of hydrogen-bond donors (Lipinski definition) is 1. The van der Waals surface area contributed by atoms with Crippen molar-refractivity contribution in [3.63, 3.8) is 0 Å². The Balaban J connectivity index is 1.57. The summed E-state index contributed by atoms with van der Waals surface area (Å²) < 4.78 is 0. The minimum atomic E-state index is -0.375. The second-order valence-electron chi connectivity index (χ2n) is 7.70. The van der Waals surface area contributed by atoms with Gasteiger partial charge in [0.1, 0.15) is 0 Å². The van der Waals surface area contributed by atoms with Crippen molar-refractivity contribution < 1.29 is 14.4 Å². The van der Waals surface area contributed by atoms with Crippen LogP contribution < -0.4 is 5.32 Å². The minimum Gasteiger partial charge on any atom is -0.339 e. The number of rotatable bonds is 7. The summed E-state index contributed by atoms with van der Waals surface area (Å²) >= 11 is 0. The van der Waals surface area contributed by atoms with Crippen molar-refractivity contribution in [2.75, 3.05) is 25.0 Å². The van der Waals surface area contributed by atoms with Crippen LogP contribution in [0.3, 0.4) is 0 Å². The predicted molar refractivity (Wildman–Crippen MR) is 117 cm³/mol. The zero-order valence-corrected chi connectivity index (χ0v) is 17.9. The second kappa shape index (κ2) is 9.57. The van der Waals surface area contributed by atoms with E-state index in [4.69, 9.17) is 0 Å². The number of anilines is 1. The Hall–Kier alpha value is -3.15. The maximum Gasteiger partial charge on any atom is 0.253 e. The molecule has 1 heterocycles. The highest BCUT2D eigenvalue weighted by atomic mass is 16.2. The van der Waals surface area contributed by atoms with Crippen molar-refractivity contribution in [1.82, 2.24) is 9.80 Å². The zero-order chi connectivity index (χ0) is 21.7. The number of carbonyl (C=O) groups excluding carboxylic acids is 3. The Morgan fingerprint density at radius 2 is 1.67 bits per heavy atom. The first-order valence-electron chi connectivity index (χ1n) is 10.4. The summed E-state index contributed by atoms with van der Waals surface area (Å²) in [5.74, 6) is -0.570. The Morgan fingerprint density at radius 3 is 2.27 bits per heavy atom. The van der Waals surface area contributed by atoms with Crippen molar-refractivity contribution in [1.29, 1.82) is 0 Å². The summed E-state index contributed by atoms with van der Waals surface area (Å²) in [5.41, 5.74) is 3.45. The van der Waals surface area contributed by atoms with E-state index in [-0.39, 0.29) is 30.1 Å². The predicted octanol–water partition coefficient (Wildman–Crippen LogP) is 3.46. The standard InChI is InChI=1S/C24H29N3O3/c1-4-26(5-2)24(30)19-10-12-21(13-11-19)25-23(29)20-14-22(28)27(16-20)15-18-8-6-17(3)7-9-18/h6-13,20H,4-5,14-16H2,1-3H3,(H,25,29)/t20-/m0/s1. The molecule has 1 N–H and O–H groups in total. The van der Waals surface area contributed by atoms with Crippen molar-refractivity contribution >= 4 is 23.4 Å². The molecule has 1 aliphatic heterocycles. The zero-order valence-electron chi connectivity index (χ0n) is 17.9. The fourth-order valence-electron chi connectivity index (χ4n) is 3.65. The molecule has 158 valence electrons. The molecule has 1 atom stereocenters. The van der Waals surface area contributed by atoms with E-state index in [0.29, 0.717) is 37.4 Å². The normalized spacial score (nSPS) is 15.9. The first-order valence-corrected chi connectivity index (χ1v) is 10.4. The fourth-order valence-corrected chi connectivity index (χ4v) is 3.65. The van der Waals surface area contributed by atoms with Crippen molar-refractivity contribution in [3.05, 3.63) is 65.2 Å². The Labute approximate surface area is 177 Å². The molecule has 0 aliphatic carbocycles. The Bertz CT molecular complexity index is 902. The summed E-state index contributed by atoms with van der Waals surface area (Å²) in [7, 11) is 0. The van der Waals surface area contributed by atoms with Crippen LogP contribution in [0.15, 0.2) is 48.5 Å². The third-order valence-corrected chi connectivity index (χ3v) is 5.53. The molecule has 1 saturated heterocycles. The summed E-state index contributed by atoms with van der Waals surface area (Å²) in [6.45, 7) is 8.16. The van der Waals surface area contributed by atoms with Crippen LogP contribution in [0, 0.1) is 12.8 Å². The molecule has 3 amide bonds. The number of aryl methyl sites for hydroxylation is 1. The molecule has 2 aromatic carbocycles. The Morgan fingerprint density at radius 1 is 1.03 bits per heavy atom. The fraction of sp³-hybridized carbons (Fsp3) is 0.375. The molecule has 0 bridgehead atoms. The van der Waals surface area contributed by atoms with Crippen LogP contribution in [0.5, 0.6) is 0 Å². The lowest BCUT2D eigenvalue weighted by Gasteiger charge is -2.19. The molecule has 0 saturated carbocycles. The van der Waals surface area contributed by atoms with Gasteiger partial charge in [-0.05, 0) is 50.6 Å². The van der Waals surface area contributed by atoms with Gasteiger partial charge in [0.25, 0.3) is 5.91 Å². The van der Waals surface area contributed by atoms with Crippen molar-refractivity contribution in [2.24, 2.45) is 5.92 Å². The van der Waals surface area contributed by atoms with Gasteiger partial charge in [-0.25, -0.2) is 0 Å². The molecule has 0 unspecified atom stereocenters. The van der Waals surface area contributed by atoms with Gasteiger partial charge in [-0.2, -0.15) is 0 Å². The summed E-state index contributed by atoms with van der Waals surface area (Å²) in [5, 5.41) is 2.88. The molecule has 1 fully saturated rings. The lowest BCUT2D eigenvalue weighted by atomic mass is 10.1. The van der Waals surface area contributed by atoms with Gasteiger partial charge >= 0.3 is 0 Å². The van der Waals surface area contributed by atoms with Gasteiger partial charge < -0.3 is 15.1 Å². The summed E-state index contributed by atoms with van der Waals surface area (Å²) in [6, 6.07) is 15.0. The average Bonchev–Trinajstić information content (AvgIpc) is 3.11. The number of nitrogens with one attached hydrogen (secondary N) is 1. The maximum absolute atomic E-state index is 12.7. The van der Waals surface area contributed by atoms with Crippen LogP contribution in [0.2, 0.25) is 0 Å². The van der Waals surface area contributed by atoms with Gasteiger partial charge in [-0.3, -0.25) is 14.4 Å². The van der Waals surface area contributed by atoms with Gasteiger partial charge in [0, 0.05) is 43.9 Å². The van der Waals surface area contributed by atoms with E-state index in [2.05, 4.69) is 5.32 Å².